The SMILES string of the molecule is CC(Nc1ccc2nc(C3CC3)oc2c1)c1ccc(S(=O)(=O)N(C)C)cc1. The molecule has 1 aliphatic carbocycles. The molecule has 1 N–H and O–H groups in total. The predicted molar refractivity (Wildman–Crippen MR) is 105 cm³/mol. The zero-order valence-corrected chi connectivity index (χ0v) is 16.5. The molecule has 7 heteroatoms. The van der Waals surface area contributed by atoms with Crippen molar-refractivity contribution in [2.24, 2.45) is 0 Å². The van der Waals surface area contributed by atoms with Crippen molar-refractivity contribution in [2.75, 3.05) is 19.4 Å². The number of anilines is 1. The minimum atomic E-state index is -3.41. The van der Waals surface area contributed by atoms with Gasteiger partial charge in [-0.2, -0.15) is 0 Å². The molecule has 4 rings (SSSR count). The van der Waals surface area contributed by atoms with Gasteiger partial charge in [-0.15, -0.1) is 0 Å². The molecule has 1 saturated carbocycles. The van der Waals surface area contributed by atoms with Crippen molar-refractivity contribution < 1.29 is 12.8 Å². The lowest BCUT2D eigenvalue weighted by atomic mass is 10.1. The van der Waals surface area contributed by atoms with E-state index in [1.54, 1.807) is 12.1 Å². The van der Waals surface area contributed by atoms with Crippen molar-refractivity contribution in [3.63, 3.8) is 0 Å². The molecule has 0 amide bonds. The third-order valence-electron chi connectivity index (χ3n) is 4.87. The van der Waals surface area contributed by atoms with Crippen LogP contribution in [0.15, 0.2) is 51.8 Å². The monoisotopic (exact) mass is 385 g/mol. The van der Waals surface area contributed by atoms with E-state index in [-0.39, 0.29) is 6.04 Å². The molecule has 1 aromatic heterocycles. The van der Waals surface area contributed by atoms with E-state index in [4.69, 9.17) is 4.42 Å². The Morgan fingerprint density at radius 1 is 1.15 bits per heavy atom. The number of benzene rings is 2. The fraction of sp³-hybridized carbons (Fsp3) is 0.350. The number of nitrogens with zero attached hydrogens (tertiary/aromatic N) is 2. The average Bonchev–Trinajstić information content (AvgIpc) is 3.41. The van der Waals surface area contributed by atoms with E-state index in [9.17, 15) is 8.42 Å². The van der Waals surface area contributed by atoms with Crippen molar-refractivity contribution in [3.8, 4) is 0 Å². The second-order valence-corrected chi connectivity index (χ2v) is 9.38. The van der Waals surface area contributed by atoms with Gasteiger partial charge in [0.15, 0.2) is 11.5 Å². The van der Waals surface area contributed by atoms with Gasteiger partial charge in [-0.1, -0.05) is 12.1 Å². The highest BCUT2D eigenvalue weighted by Crippen LogP contribution is 2.40. The Bertz CT molecular complexity index is 1070. The maximum absolute atomic E-state index is 12.2. The zero-order valence-electron chi connectivity index (χ0n) is 15.6. The molecule has 27 heavy (non-hydrogen) atoms. The molecule has 1 fully saturated rings. The molecule has 0 aliphatic heterocycles. The molecular formula is C20H23N3O3S. The summed E-state index contributed by atoms with van der Waals surface area (Å²) < 4.78 is 31.4. The number of aromatic nitrogens is 1. The topological polar surface area (TPSA) is 75.4 Å². The number of nitrogens with one attached hydrogen (secondary N) is 1. The highest BCUT2D eigenvalue weighted by Gasteiger charge is 2.28. The first kappa shape index (κ1) is 18.0. The van der Waals surface area contributed by atoms with E-state index >= 15 is 0 Å². The fourth-order valence-electron chi connectivity index (χ4n) is 3.01. The lowest BCUT2D eigenvalue weighted by Gasteiger charge is -2.17. The Hall–Kier alpha value is -2.38. The van der Waals surface area contributed by atoms with Gasteiger partial charge < -0.3 is 9.73 Å². The maximum atomic E-state index is 12.2. The van der Waals surface area contributed by atoms with Gasteiger partial charge in [0.1, 0.15) is 5.52 Å². The summed E-state index contributed by atoms with van der Waals surface area (Å²) in [6.07, 6.45) is 2.32. The van der Waals surface area contributed by atoms with Crippen molar-refractivity contribution >= 4 is 26.8 Å². The highest BCUT2D eigenvalue weighted by molar-refractivity contribution is 7.89. The van der Waals surface area contributed by atoms with E-state index in [0.29, 0.717) is 10.8 Å². The lowest BCUT2D eigenvalue weighted by Crippen LogP contribution is -2.22. The van der Waals surface area contributed by atoms with Gasteiger partial charge in [0, 0.05) is 37.8 Å². The van der Waals surface area contributed by atoms with Crippen molar-refractivity contribution in [2.45, 2.75) is 36.6 Å². The van der Waals surface area contributed by atoms with Crippen LogP contribution in [0.25, 0.3) is 11.1 Å². The van der Waals surface area contributed by atoms with Crippen LogP contribution in [-0.4, -0.2) is 31.8 Å². The number of oxazole rings is 1. The predicted octanol–water partition coefficient (Wildman–Crippen LogP) is 4.13. The second kappa shape index (κ2) is 6.65. The summed E-state index contributed by atoms with van der Waals surface area (Å²) in [4.78, 5) is 4.84. The van der Waals surface area contributed by atoms with Crippen LogP contribution in [0.4, 0.5) is 5.69 Å². The second-order valence-electron chi connectivity index (χ2n) is 7.23. The number of hydrogen-bond donors (Lipinski definition) is 1. The first-order chi connectivity index (χ1) is 12.8. The van der Waals surface area contributed by atoms with Gasteiger partial charge in [-0.25, -0.2) is 17.7 Å². The standard InChI is InChI=1S/C20H23N3O3S/c1-13(14-6-9-17(10-7-14)27(24,25)23(2)3)21-16-8-11-18-19(12-16)26-20(22-18)15-4-5-15/h6-13,15,21H,4-5H2,1-3H3. The van der Waals surface area contributed by atoms with Gasteiger partial charge in [0.05, 0.1) is 4.90 Å². The number of rotatable bonds is 6. The summed E-state index contributed by atoms with van der Waals surface area (Å²) in [7, 11) is -0.350. The van der Waals surface area contributed by atoms with Crippen LogP contribution < -0.4 is 5.32 Å². The van der Waals surface area contributed by atoms with Crippen LogP contribution in [0.1, 0.15) is 43.2 Å². The van der Waals surface area contributed by atoms with E-state index in [0.717, 1.165) is 41.1 Å². The molecule has 0 radical (unpaired) electrons. The normalized spacial score (nSPS) is 16.0. The Kier molecular flexibility index (Phi) is 4.44. The summed E-state index contributed by atoms with van der Waals surface area (Å²) in [6, 6.07) is 12.9. The largest absolute Gasteiger partial charge is 0.440 e. The minimum Gasteiger partial charge on any atom is -0.440 e. The summed E-state index contributed by atoms with van der Waals surface area (Å²) in [5, 5.41) is 3.44. The fourth-order valence-corrected chi connectivity index (χ4v) is 3.91. The van der Waals surface area contributed by atoms with Crippen molar-refractivity contribution in [1.82, 2.24) is 9.29 Å². The van der Waals surface area contributed by atoms with Crippen LogP contribution in [0, 0.1) is 0 Å². The smallest absolute Gasteiger partial charge is 0.242 e. The van der Waals surface area contributed by atoms with Crippen molar-refractivity contribution in [1.29, 1.82) is 0 Å². The lowest BCUT2D eigenvalue weighted by molar-refractivity contribution is 0.520. The van der Waals surface area contributed by atoms with Gasteiger partial charge in [0.25, 0.3) is 0 Å². The highest BCUT2D eigenvalue weighted by atomic mass is 32.2. The Morgan fingerprint density at radius 3 is 2.48 bits per heavy atom. The Balaban J connectivity index is 1.51. The third kappa shape index (κ3) is 3.57. The zero-order chi connectivity index (χ0) is 19.2. The van der Waals surface area contributed by atoms with E-state index < -0.39 is 10.0 Å². The van der Waals surface area contributed by atoms with Gasteiger partial charge in [0.2, 0.25) is 10.0 Å². The summed E-state index contributed by atoms with van der Waals surface area (Å²) in [5.41, 5.74) is 3.62. The van der Waals surface area contributed by atoms with Crippen LogP contribution in [0.5, 0.6) is 0 Å². The quantitative estimate of drug-likeness (QED) is 0.690. The molecule has 6 nitrogen and oxygen atoms in total. The molecule has 1 heterocycles. The number of fused-ring (bicyclic) bond motifs is 1. The van der Waals surface area contributed by atoms with E-state index in [1.807, 2.05) is 37.3 Å². The van der Waals surface area contributed by atoms with Crippen LogP contribution in [0.3, 0.4) is 0 Å². The molecule has 1 aliphatic rings. The van der Waals surface area contributed by atoms with E-state index in [1.165, 1.54) is 18.4 Å². The maximum Gasteiger partial charge on any atom is 0.242 e. The summed E-state index contributed by atoms with van der Waals surface area (Å²) in [5.74, 6) is 1.33. The van der Waals surface area contributed by atoms with Gasteiger partial charge in [-0.05, 0) is 49.6 Å². The average molecular weight is 385 g/mol. The molecule has 0 bridgehead atoms. The Morgan fingerprint density at radius 2 is 1.85 bits per heavy atom. The first-order valence-corrected chi connectivity index (χ1v) is 10.5. The molecule has 0 spiro atoms. The molecule has 1 unspecified atom stereocenters. The number of hydrogen-bond acceptors (Lipinski definition) is 5. The van der Waals surface area contributed by atoms with Crippen LogP contribution in [-0.2, 0) is 10.0 Å². The van der Waals surface area contributed by atoms with E-state index in [2.05, 4.69) is 10.3 Å². The molecular weight excluding hydrogens is 362 g/mol. The molecule has 142 valence electrons. The third-order valence-corrected chi connectivity index (χ3v) is 6.70. The van der Waals surface area contributed by atoms with Gasteiger partial charge >= 0.3 is 0 Å². The summed E-state index contributed by atoms with van der Waals surface area (Å²) in [6.45, 7) is 2.04. The van der Waals surface area contributed by atoms with Crippen LogP contribution in [0.2, 0.25) is 0 Å². The Labute approximate surface area is 159 Å². The molecule has 3 aromatic rings. The van der Waals surface area contributed by atoms with Crippen molar-refractivity contribution in [3.05, 3.63) is 53.9 Å². The number of sulfonamides is 1. The molecule has 0 saturated heterocycles. The van der Waals surface area contributed by atoms with Crippen LogP contribution >= 0.6 is 0 Å². The first-order valence-electron chi connectivity index (χ1n) is 9.04. The minimum absolute atomic E-state index is 0.0179. The molecule has 2 aromatic carbocycles. The summed E-state index contributed by atoms with van der Waals surface area (Å²) >= 11 is 0. The molecule has 1 atom stereocenters. The van der Waals surface area contributed by atoms with Gasteiger partial charge in [-0.3, -0.25) is 0 Å².